The summed E-state index contributed by atoms with van der Waals surface area (Å²) in [7, 11) is 0. The molecule has 0 N–H and O–H groups in total. The molecule has 1 unspecified atom stereocenters. The lowest BCUT2D eigenvalue weighted by Crippen LogP contribution is -2.22. The van der Waals surface area contributed by atoms with Crippen molar-refractivity contribution in [3.8, 4) is 0 Å². The van der Waals surface area contributed by atoms with Gasteiger partial charge in [0.05, 0.1) is 5.92 Å². The molecular formula is C8H10O2. The molecule has 1 rings (SSSR count). The molecule has 0 saturated carbocycles. The predicted molar refractivity (Wildman–Crippen MR) is 37.6 cm³/mol. The summed E-state index contributed by atoms with van der Waals surface area (Å²) >= 11 is 0. The zero-order valence-corrected chi connectivity index (χ0v) is 5.96. The van der Waals surface area contributed by atoms with Crippen molar-refractivity contribution >= 4 is 11.6 Å². The molecule has 0 fully saturated rings. The lowest BCUT2D eigenvalue weighted by Gasteiger charge is -2.11. The van der Waals surface area contributed by atoms with Gasteiger partial charge in [-0.25, -0.2) is 0 Å². The molecular weight excluding hydrogens is 128 g/mol. The van der Waals surface area contributed by atoms with Crippen LogP contribution in [0.1, 0.15) is 19.8 Å². The highest BCUT2D eigenvalue weighted by molar-refractivity contribution is 6.07. The molecule has 0 bridgehead atoms. The van der Waals surface area contributed by atoms with Crippen molar-refractivity contribution in [1.29, 1.82) is 0 Å². The summed E-state index contributed by atoms with van der Waals surface area (Å²) in [6.07, 6.45) is 4.89. The maximum absolute atomic E-state index is 10.9. The summed E-state index contributed by atoms with van der Waals surface area (Å²) < 4.78 is 0. The van der Waals surface area contributed by atoms with Crippen LogP contribution in [0.5, 0.6) is 0 Å². The number of ketones is 2. The molecule has 2 heteroatoms. The standard InChI is InChI=1S/C8H10O2/c1-6(9)7-4-2-3-5-8(7)10/h3,5,7H,2,4H2,1H3. The Morgan fingerprint density at radius 3 is 2.80 bits per heavy atom. The fourth-order valence-electron chi connectivity index (χ4n) is 1.12. The molecule has 0 radical (unpaired) electrons. The maximum atomic E-state index is 10.9. The molecule has 1 atom stereocenters. The van der Waals surface area contributed by atoms with Crippen LogP contribution in [0.4, 0.5) is 0 Å². The van der Waals surface area contributed by atoms with Gasteiger partial charge >= 0.3 is 0 Å². The zero-order valence-electron chi connectivity index (χ0n) is 5.96. The van der Waals surface area contributed by atoms with Gasteiger partial charge in [-0.3, -0.25) is 9.59 Å². The summed E-state index contributed by atoms with van der Waals surface area (Å²) in [5.41, 5.74) is 0. The van der Waals surface area contributed by atoms with Gasteiger partial charge in [0.15, 0.2) is 5.78 Å². The minimum Gasteiger partial charge on any atom is -0.299 e. The molecule has 54 valence electrons. The molecule has 0 aromatic heterocycles. The number of Topliss-reactive ketones (excluding diaryl/α,β-unsaturated/α-hetero) is 1. The molecule has 0 aromatic carbocycles. The molecule has 2 nitrogen and oxygen atoms in total. The Morgan fingerprint density at radius 2 is 2.40 bits per heavy atom. The molecule has 0 amide bonds. The fraction of sp³-hybridized carbons (Fsp3) is 0.500. The van der Waals surface area contributed by atoms with Crippen LogP contribution in [0.2, 0.25) is 0 Å². The average molecular weight is 138 g/mol. The van der Waals surface area contributed by atoms with E-state index >= 15 is 0 Å². The van der Waals surface area contributed by atoms with E-state index in [9.17, 15) is 9.59 Å². The summed E-state index contributed by atoms with van der Waals surface area (Å²) in [5.74, 6) is -0.377. The normalized spacial score (nSPS) is 24.9. The van der Waals surface area contributed by atoms with Gasteiger partial charge in [0.1, 0.15) is 5.78 Å². The Kier molecular flexibility index (Phi) is 2.00. The first-order chi connectivity index (χ1) is 4.72. The lowest BCUT2D eigenvalue weighted by atomic mass is 9.90. The third kappa shape index (κ3) is 1.32. The quantitative estimate of drug-likeness (QED) is 0.508. The van der Waals surface area contributed by atoms with Gasteiger partial charge in [0, 0.05) is 0 Å². The minimum atomic E-state index is -0.343. The van der Waals surface area contributed by atoms with Crippen LogP contribution in [0.25, 0.3) is 0 Å². The molecule has 0 heterocycles. The van der Waals surface area contributed by atoms with Crippen LogP contribution >= 0.6 is 0 Å². The number of carbonyl (C=O) groups excluding carboxylic acids is 2. The second kappa shape index (κ2) is 2.78. The van der Waals surface area contributed by atoms with Crippen LogP contribution < -0.4 is 0 Å². The summed E-state index contributed by atoms with van der Waals surface area (Å²) in [6.45, 7) is 1.47. The van der Waals surface area contributed by atoms with E-state index in [1.807, 2.05) is 6.08 Å². The highest BCUT2D eigenvalue weighted by Crippen LogP contribution is 2.15. The zero-order chi connectivity index (χ0) is 7.56. The van der Waals surface area contributed by atoms with Crippen LogP contribution in [0.3, 0.4) is 0 Å². The lowest BCUT2D eigenvalue weighted by molar-refractivity contribution is -0.129. The number of carbonyl (C=O) groups is 2. The maximum Gasteiger partial charge on any atom is 0.165 e. The Labute approximate surface area is 59.9 Å². The van der Waals surface area contributed by atoms with Crippen LogP contribution in [-0.4, -0.2) is 11.6 Å². The van der Waals surface area contributed by atoms with Crippen molar-refractivity contribution in [3.05, 3.63) is 12.2 Å². The smallest absolute Gasteiger partial charge is 0.165 e. The van der Waals surface area contributed by atoms with E-state index in [2.05, 4.69) is 0 Å². The first-order valence-electron chi connectivity index (χ1n) is 3.42. The third-order valence-electron chi connectivity index (χ3n) is 1.74. The van der Waals surface area contributed by atoms with Gasteiger partial charge in [0.25, 0.3) is 0 Å². The van der Waals surface area contributed by atoms with Gasteiger partial charge in [-0.2, -0.15) is 0 Å². The molecule has 0 saturated heterocycles. The number of rotatable bonds is 1. The van der Waals surface area contributed by atoms with Crippen molar-refractivity contribution in [2.24, 2.45) is 5.92 Å². The van der Waals surface area contributed by atoms with E-state index in [4.69, 9.17) is 0 Å². The predicted octanol–water partition coefficient (Wildman–Crippen LogP) is 1.11. The third-order valence-corrected chi connectivity index (χ3v) is 1.74. The molecule has 0 spiro atoms. The van der Waals surface area contributed by atoms with Gasteiger partial charge in [-0.15, -0.1) is 0 Å². The minimum absolute atomic E-state index is 0.00523. The SMILES string of the molecule is CC(=O)C1CCC=CC1=O. The van der Waals surface area contributed by atoms with Crippen molar-refractivity contribution < 1.29 is 9.59 Å². The van der Waals surface area contributed by atoms with Crippen molar-refractivity contribution in [2.45, 2.75) is 19.8 Å². The van der Waals surface area contributed by atoms with Crippen LogP contribution in [0, 0.1) is 5.92 Å². The Morgan fingerprint density at radius 1 is 1.70 bits per heavy atom. The first kappa shape index (κ1) is 7.19. The molecule has 1 aliphatic carbocycles. The Hall–Kier alpha value is -0.920. The van der Waals surface area contributed by atoms with E-state index in [0.717, 1.165) is 6.42 Å². The van der Waals surface area contributed by atoms with Gasteiger partial charge < -0.3 is 0 Å². The number of allylic oxidation sites excluding steroid dienone is 2. The Balaban J connectivity index is 2.70. The van der Waals surface area contributed by atoms with Gasteiger partial charge in [-0.1, -0.05) is 6.08 Å². The molecule has 10 heavy (non-hydrogen) atoms. The average Bonchev–Trinajstić information content (AvgIpc) is 1.88. The topological polar surface area (TPSA) is 34.1 Å². The Bertz CT molecular complexity index is 191. The number of hydrogen-bond acceptors (Lipinski definition) is 2. The van der Waals surface area contributed by atoms with E-state index < -0.39 is 0 Å². The number of hydrogen-bond donors (Lipinski definition) is 0. The fourth-order valence-corrected chi connectivity index (χ4v) is 1.12. The van der Waals surface area contributed by atoms with Crippen LogP contribution in [0.15, 0.2) is 12.2 Å². The summed E-state index contributed by atoms with van der Waals surface area (Å²) in [5, 5.41) is 0. The first-order valence-corrected chi connectivity index (χ1v) is 3.42. The van der Waals surface area contributed by atoms with E-state index in [-0.39, 0.29) is 17.5 Å². The molecule has 0 aliphatic heterocycles. The van der Waals surface area contributed by atoms with Crippen molar-refractivity contribution in [3.63, 3.8) is 0 Å². The second-order valence-electron chi connectivity index (χ2n) is 2.55. The van der Waals surface area contributed by atoms with Crippen molar-refractivity contribution in [2.75, 3.05) is 0 Å². The largest absolute Gasteiger partial charge is 0.299 e. The highest BCUT2D eigenvalue weighted by atomic mass is 16.1. The summed E-state index contributed by atoms with van der Waals surface area (Å²) in [6, 6.07) is 0. The van der Waals surface area contributed by atoms with Gasteiger partial charge in [-0.05, 0) is 25.8 Å². The summed E-state index contributed by atoms with van der Waals surface area (Å²) in [4.78, 5) is 21.7. The second-order valence-corrected chi connectivity index (χ2v) is 2.55. The van der Waals surface area contributed by atoms with E-state index in [1.165, 1.54) is 13.0 Å². The molecule has 0 aromatic rings. The van der Waals surface area contributed by atoms with E-state index in [0.29, 0.717) is 6.42 Å². The molecule has 1 aliphatic rings. The van der Waals surface area contributed by atoms with Gasteiger partial charge in [0.2, 0.25) is 0 Å². The van der Waals surface area contributed by atoms with E-state index in [1.54, 1.807) is 0 Å². The van der Waals surface area contributed by atoms with Crippen molar-refractivity contribution in [1.82, 2.24) is 0 Å². The monoisotopic (exact) mass is 138 g/mol. The highest BCUT2D eigenvalue weighted by Gasteiger charge is 2.22. The van der Waals surface area contributed by atoms with Crippen LogP contribution in [-0.2, 0) is 9.59 Å².